The van der Waals surface area contributed by atoms with Gasteiger partial charge in [-0.1, -0.05) is 15.9 Å². The summed E-state index contributed by atoms with van der Waals surface area (Å²) in [6.45, 7) is 1.44. The summed E-state index contributed by atoms with van der Waals surface area (Å²) in [5.41, 5.74) is 0. The van der Waals surface area contributed by atoms with Crippen molar-refractivity contribution in [2.45, 2.75) is 13.0 Å². The fourth-order valence-electron chi connectivity index (χ4n) is 1.15. The van der Waals surface area contributed by atoms with Crippen molar-refractivity contribution < 1.29 is 19.1 Å². The summed E-state index contributed by atoms with van der Waals surface area (Å²) in [6.07, 6.45) is -0.684. The number of hydrogen-bond acceptors (Lipinski definition) is 4. The fourth-order valence-corrected chi connectivity index (χ4v) is 1.41. The van der Waals surface area contributed by atoms with Gasteiger partial charge in [0.05, 0.1) is 7.11 Å². The summed E-state index contributed by atoms with van der Waals surface area (Å²) in [5, 5.41) is 2.42. The van der Waals surface area contributed by atoms with Gasteiger partial charge in [0.1, 0.15) is 12.3 Å². The van der Waals surface area contributed by atoms with Crippen LogP contribution in [0.3, 0.4) is 0 Å². The van der Waals surface area contributed by atoms with E-state index < -0.39 is 12.1 Å². The molecule has 0 heterocycles. The van der Waals surface area contributed by atoms with E-state index in [2.05, 4.69) is 26.0 Å². The van der Waals surface area contributed by atoms with Crippen LogP contribution >= 0.6 is 15.9 Å². The van der Waals surface area contributed by atoms with Gasteiger partial charge in [-0.2, -0.15) is 0 Å². The van der Waals surface area contributed by atoms with Crippen LogP contribution in [-0.4, -0.2) is 31.6 Å². The molecule has 0 saturated heterocycles. The molecule has 1 amide bonds. The highest BCUT2D eigenvalue weighted by Crippen LogP contribution is 2.17. The molecule has 1 N–H and O–H groups in total. The van der Waals surface area contributed by atoms with Crippen molar-refractivity contribution >= 4 is 27.8 Å². The Hall–Kier alpha value is -1.56. The molecule has 5 nitrogen and oxygen atoms in total. The van der Waals surface area contributed by atoms with Crippen LogP contribution < -0.4 is 10.1 Å². The van der Waals surface area contributed by atoms with Gasteiger partial charge in [0, 0.05) is 4.47 Å². The monoisotopic (exact) mass is 315 g/mol. The van der Waals surface area contributed by atoms with Gasteiger partial charge in [-0.25, -0.2) is 0 Å². The van der Waals surface area contributed by atoms with E-state index in [1.807, 2.05) is 12.1 Å². The van der Waals surface area contributed by atoms with Gasteiger partial charge in [0.2, 0.25) is 0 Å². The molecule has 0 radical (unpaired) electrons. The Morgan fingerprint density at radius 3 is 2.50 bits per heavy atom. The first-order valence-electron chi connectivity index (χ1n) is 5.29. The Morgan fingerprint density at radius 1 is 1.33 bits per heavy atom. The molecule has 0 spiro atoms. The zero-order valence-electron chi connectivity index (χ0n) is 10.1. The second-order valence-electron chi connectivity index (χ2n) is 3.51. The zero-order valence-corrected chi connectivity index (χ0v) is 11.7. The molecule has 1 aromatic rings. The minimum absolute atomic E-state index is 0.163. The highest BCUT2D eigenvalue weighted by atomic mass is 79.9. The molecule has 0 aliphatic rings. The summed E-state index contributed by atoms with van der Waals surface area (Å²) < 4.78 is 10.8. The Labute approximate surface area is 114 Å². The number of halogens is 1. The number of carbonyl (C=O) groups is 2. The maximum Gasteiger partial charge on any atom is 0.325 e. The Bertz CT molecular complexity index is 419. The molecule has 1 aromatic carbocycles. The van der Waals surface area contributed by atoms with Crippen molar-refractivity contribution in [3.63, 3.8) is 0 Å². The highest BCUT2D eigenvalue weighted by molar-refractivity contribution is 9.10. The van der Waals surface area contributed by atoms with Crippen molar-refractivity contribution in [1.82, 2.24) is 5.32 Å². The summed E-state index contributed by atoms with van der Waals surface area (Å²) in [6, 6.07) is 7.12. The SMILES string of the molecule is COC(=O)CNC(=O)[C@H](C)Oc1ccc(Br)cc1. The normalized spacial score (nSPS) is 11.5. The number of amides is 1. The molecule has 0 bridgehead atoms. The molecule has 0 fully saturated rings. The molecular formula is C12H14BrNO4. The van der Waals surface area contributed by atoms with E-state index in [1.54, 1.807) is 19.1 Å². The number of hydrogen-bond donors (Lipinski definition) is 1. The van der Waals surface area contributed by atoms with Gasteiger partial charge in [-0.3, -0.25) is 9.59 Å². The molecule has 0 unspecified atom stereocenters. The van der Waals surface area contributed by atoms with E-state index in [9.17, 15) is 9.59 Å². The number of rotatable bonds is 5. The van der Waals surface area contributed by atoms with Crippen LogP contribution in [-0.2, 0) is 14.3 Å². The quantitative estimate of drug-likeness (QED) is 0.836. The van der Waals surface area contributed by atoms with Crippen LogP contribution in [0.15, 0.2) is 28.7 Å². The number of esters is 1. The van der Waals surface area contributed by atoms with Crippen molar-refractivity contribution in [3.05, 3.63) is 28.7 Å². The Kier molecular flexibility index (Phi) is 5.64. The van der Waals surface area contributed by atoms with Crippen LogP contribution in [0.4, 0.5) is 0 Å². The van der Waals surface area contributed by atoms with Gasteiger partial charge >= 0.3 is 5.97 Å². The summed E-state index contributed by atoms with van der Waals surface area (Å²) in [4.78, 5) is 22.4. The first-order chi connectivity index (χ1) is 8.52. The minimum Gasteiger partial charge on any atom is -0.481 e. The first kappa shape index (κ1) is 14.5. The van der Waals surface area contributed by atoms with Crippen LogP contribution in [0, 0.1) is 0 Å². The van der Waals surface area contributed by atoms with Gasteiger partial charge < -0.3 is 14.8 Å². The predicted molar refractivity (Wildman–Crippen MR) is 69.3 cm³/mol. The third kappa shape index (κ3) is 4.75. The molecule has 0 aliphatic carbocycles. The minimum atomic E-state index is -0.684. The average molecular weight is 316 g/mol. The van der Waals surface area contributed by atoms with E-state index in [0.29, 0.717) is 5.75 Å². The van der Waals surface area contributed by atoms with Crippen LogP contribution in [0.25, 0.3) is 0 Å². The molecule has 18 heavy (non-hydrogen) atoms. The number of ether oxygens (including phenoxy) is 2. The van der Waals surface area contributed by atoms with Crippen molar-refractivity contribution in [1.29, 1.82) is 0 Å². The lowest BCUT2D eigenvalue weighted by molar-refractivity contribution is -0.141. The lowest BCUT2D eigenvalue weighted by Gasteiger charge is -2.14. The zero-order chi connectivity index (χ0) is 13.5. The lowest BCUT2D eigenvalue weighted by atomic mass is 10.3. The second kappa shape index (κ2) is 7.00. The second-order valence-corrected chi connectivity index (χ2v) is 4.42. The van der Waals surface area contributed by atoms with Gasteiger partial charge in [0.15, 0.2) is 6.10 Å². The fraction of sp³-hybridized carbons (Fsp3) is 0.333. The largest absolute Gasteiger partial charge is 0.481 e. The number of nitrogens with one attached hydrogen (secondary N) is 1. The topological polar surface area (TPSA) is 64.6 Å². The number of benzene rings is 1. The van der Waals surface area contributed by atoms with E-state index >= 15 is 0 Å². The molecule has 1 rings (SSSR count). The van der Waals surface area contributed by atoms with Gasteiger partial charge in [-0.15, -0.1) is 0 Å². The van der Waals surface area contributed by atoms with Gasteiger partial charge in [0.25, 0.3) is 5.91 Å². The van der Waals surface area contributed by atoms with Crippen molar-refractivity contribution in [3.8, 4) is 5.75 Å². The molecule has 6 heteroatoms. The van der Waals surface area contributed by atoms with Crippen LogP contribution in [0.2, 0.25) is 0 Å². The number of carbonyl (C=O) groups excluding carboxylic acids is 2. The Morgan fingerprint density at radius 2 is 1.94 bits per heavy atom. The molecule has 1 atom stereocenters. The third-order valence-corrected chi connectivity index (χ3v) is 2.66. The van der Waals surface area contributed by atoms with E-state index in [4.69, 9.17) is 4.74 Å². The predicted octanol–water partition coefficient (Wildman–Crippen LogP) is 1.51. The highest BCUT2D eigenvalue weighted by Gasteiger charge is 2.15. The maximum atomic E-state index is 11.6. The van der Waals surface area contributed by atoms with E-state index in [1.165, 1.54) is 7.11 Å². The molecule has 0 aliphatic heterocycles. The van der Waals surface area contributed by atoms with Crippen molar-refractivity contribution in [2.75, 3.05) is 13.7 Å². The summed E-state index contributed by atoms with van der Waals surface area (Å²) >= 11 is 3.30. The summed E-state index contributed by atoms with van der Waals surface area (Å²) in [7, 11) is 1.26. The molecule has 0 aromatic heterocycles. The van der Waals surface area contributed by atoms with Crippen LogP contribution in [0.1, 0.15) is 6.92 Å². The first-order valence-corrected chi connectivity index (χ1v) is 6.09. The van der Waals surface area contributed by atoms with Crippen molar-refractivity contribution in [2.24, 2.45) is 0 Å². The summed E-state index contributed by atoms with van der Waals surface area (Å²) in [5.74, 6) is -0.290. The maximum absolute atomic E-state index is 11.6. The average Bonchev–Trinajstić information content (AvgIpc) is 2.38. The van der Waals surface area contributed by atoms with Gasteiger partial charge in [-0.05, 0) is 31.2 Å². The molecule has 0 saturated carbocycles. The molecular weight excluding hydrogens is 302 g/mol. The molecule has 98 valence electrons. The number of methoxy groups -OCH3 is 1. The van der Waals surface area contributed by atoms with E-state index in [-0.39, 0.29) is 12.5 Å². The Balaban J connectivity index is 2.44. The van der Waals surface area contributed by atoms with Crippen LogP contribution in [0.5, 0.6) is 5.75 Å². The smallest absolute Gasteiger partial charge is 0.325 e. The standard InChI is InChI=1S/C12H14BrNO4/c1-8(12(16)14-7-11(15)17-2)18-10-5-3-9(13)4-6-10/h3-6,8H,7H2,1-2H3,(H,14,16)/t8-/m0/s1. The lowest BCUT2D eigenvalue weighted by Crippen LogP contribution is -2.39. The van der Waals surface area contributed by atoms with E-state index in [0.717, 1.165) is 4.47 Å². The third-order valence-electron chi connectivity index (χ3n) is 2.13.